The van der Waals surface area contributed by atoms with Crippen LogP contribution in [0, 0.1) is 0 Å². The fraction of sp³-hybridized carbons (Fsp3) is 0.250. The Balaban J connectivity index is 2.26. The van der Waals surface area contributed by atoms with Crippen LogP contribution < -0.4 is 11.1 Å². The smallest absolute Gasteiger partial charge is 0.265 e. The topological polar surface area (TPSA) is 71.2 Å². The molecule has 0 saturated carbocycles. The number of nitrogen functional groups attached to an aromatic ring is 1. The molecule has 4 nitrogen and oxygen atoms in total. The molecule has 0 saturated heterocycles. The van der Waals surface area contributed by atoms with Crippen LogP contribution in [0.1, 0.15) is 0 Å². The zero-order valence-corrected chi connectivity index (χ0v) is 9.48. The van der Waals surface area contributed by atoms with Gasteiger partial charge in [-0.1, -0.05) is 0 Å². The Kier molecular flexibility index (Phi) is 3.57. The highest BCUT2D eigenvalue weighted by atomic mass is 19.3. The van der Waals surface area contributed by atoms with Gasteiger partial charge >= 0.3 is 0 Å². The number of fused-ring (bicyclic) bond motifs is 1. The first-order valence-corrected chi connectivity index (χ1v) is 5.42. The van der Waals surface area contributed by atoms with Crippen LogP contribution >= 0.6 is 0 Å². The first-order valence-electron chi connectivity index (χ1n) is 5.42. The molecule has 18 heavy (non-hydrogen) atoms. The van der Waals surface area contributed by atoms with Crippen molar-refractivity contribution in [2.45, 2.75) is 12.5 Å². The van der Waals surface area contributed by atoms with Crippen molar-refractivity contribution in [3.63, 3.8) is 0 Å². The molecule has 0 bridgehead atoms. The average molecular weight is 253 g/mol. The van der Waals surface area contributed by atoms with Gasteiger partial charge < -0.3 is 16.2 Å². The molecule has 0 aliphatic heterocycles. The summed E-state index contributed by atoms with van der Waals surface area (Å²) in [5, 5.41) is 13.4. The quantitative estimate of drug-likeness (QED) is 0.727. The third kappa shape index (κ3) is 2.48. The maximum atomic E-state index is 12.2. The number of aliphatic hydroxyl groups is 1. The number of benzene rings is 1. The molecule has 1 unspecified atom stereocenters. The van der Waals surface area contributed by atoms with Crippen molar-refractivity contribution >= 4 is 22.1 Å². The van der Waals surface area contributed by atoms with Gasteiger partial charge in [0.1, 0.15) is 6.10 Å². The second-order valence-electron chi connectivity index (χ2n) is 3.91. The van der Waals surface area contributed by atoms with E-state index in [1.165, 1.54) is 0 Å². The monoisotopic (exact) mass is 253 g/mol. The van der Waals surface area contributed by atoms with Crippen molar-refractivity contribution in [3.8, 4) is 0 Å². The molecule has 1 aromatic carbocycles. The van der Waals surface area contributed by atoms with Gasteiger partial charge in [0.15, 0.2) is 0 Å². The van der Waals surface area contributed by atoms with E-state index in [9.17, 15) is 8.78 Å². The average Bonchev–Trinajstić information content (AvgIpc) is 2.38. The second kappa shape index (κ2) is 5.14. The Morgan fingerprint density at radius 3 is 2.78 bits per heavy atom. The molecule has 0 amide bonds. The molecule has 0 spiro atoms. The predicted octanol–water partition coefficient (Wildman–Crippen LogP) is 1.85. The predicted molar refractivity (Wildman–Crippen MR) is 66.7 cm³/mol. The van der Waals surface area contributed by atoms with E-state index in [4.69, 9.17) is 10.8 Å². The van der Waals surface area contributed by atoms with E-state index in [1.54, 1.807) is 30.6 Å². The number of anilines is 2. The van der Waals surface area contributed by atoms with Crippen molar-refractivity contribution in [1.29, 1.82) is 0 Å². The zero-order chi connectivity index (χ0) is 13.1. The minimum Gasteiger partial charge on any atom is -0.398 e. The standard InChI is InChI=1S/C12H13F2N3O/c13-12(14)11(18)6-17-10-2-1-9(15)7-3-4-16-5-8(7)10/h1-5,11-12,17-18H,6,15H2. The molecule has 1 heterocycles. The van der Waals surface area contributed by atoms with E-state index in [-0.39, 0.29) is 6.54 Å². The zero-order valence-electron chi connectivity index (χ0n) is 9.48. The summed E-state index contributed by atoms with van der Waals surface area (Å²) in [7, 11) is 0. The Labute approximate surface area is 102 Å². The molecule has 2 rings (SSSR count). The van der Waals surface area contributed by atoms with Gasteiger partial charge in [0.05, 0.1) is 0 Å². The van der Waals surface area contributed by atoms with Crippen LogP contribution in [0.25, 0.3) is 10.8 Å². The lowest BCUT2D eigenvalue weighted by Crippen LogP contribution is -2.26. The molecule has 96 valence electrons. The van der Waals surface area contributed by atoms with Crippen LogP contribution in [-0.4, -0.2) is 29.2 Å². The van der Waals surface area contributed by atoms with Gasteiger partial charge in [-0.25, -0.2) is 8.78 Å². The Morgan fingerprint density at radius 1 is 1.28 bits per heavy atom. The number of nitrogens with one attached hydrogen (secondary N) is 1. The molecule has 0 aliphatic rings. The lowest BCUT2D eigenvalue weighted by atomic mass is 10.1. The van der Waals surface area contributed by atoms with E-state index in [1.807, 2.05) is 0 Å². The summed E-state index contributed by atoms with van der Waals surface area (Å²) in [4.78, 5) is 3.97. The number of halogens is 2. The van der Waals surface area contributed by atoms with Crippen LogP contribution in [0.4, 0.5) is 20.2 Å². The number of hydrogen-bond donors (Lipinski definition) is 3. The molecule has 2 aromatic rings. The number of pyridine rings is 1. The lowest BCUT2D eigenvalue weighted by molar-refractivity contribution is 0.00386. The van der Waals surface area contributed by atoms with Gasteiger partial charge in [0.25, 0.3) is 6.43 Å². The van der Waals surface area contributed by atoms with Gasteiger partial charge in [-0.15, -0.1) is 0 Å². The first kappa shape index (κ1) is 12.5. The SMILES string of the molecule is Nc1ccc(NCC(O)C(F)F)c2cnccc12. The summed E-state index contributed by atoms with van der Waals surface area (Å²) in [6.45, 7) is -0.231. The number of aromatic nitrogens is 1. The second-order valence-corrected chi connectivity index (χ2v) is 3.91. The third-order valence-corrected chi connectivity index (χ3v) is 2.64. The van der Waals surface area contributed by atoms with Crippen LogP contribution in [0.5, 0.6) is 0 Å². The van der Waals surface area contributed by atoms with E-state index in [0.29, 0.717) is 11.4 Å². The molecular weight excluding hydrogens is 240 g/mol. The summed E-state index contributed by atoms with van der Waals surface area (Å²) in [6.07, 6.45) is -1.26. The number of nitrogens with zero attached hydrogens (tertiary/aromatic N) is 1. The van der Waals surface area contributed by atoms with E-state index in [0.717, 1.165) is 10.8 Å². The maximum Gasteiger partial charge on any atom is 0.265 e. The highest BCUT2D eigenvalue weighted by Crippen LogP contribution is 2.27. The van der Waals surface area contributed by atoms with Crippen LogP contribution in [0.2, 0.25) is 0 Å². The van der Waals surface area contributed by atoms with Gasteiger partial charge in [-0.05, 0) is 18.2 Å². The Bertz CT molecular complexity index is 548. The summed E-state index contributed by atoms with van der Waals surface area (Å²) < 4.78 is 24.4. The van der Waals surface area contributed by atoms with Crippen molar-refractivity contribution in [2.24, 2.45) is 0 Å². The molecule has 4 N–H and O–H groups in total. The summed E-state index contributed by atoms with van der Waals surface area (Å²) >= 11 is 0. The minimum atomic E-state index is -2.77. The third-order valence-electron chi connectivity index (χ3n) is 2.64. The molecule has 0 aliphatic carbocycles. The number of nitrogens with two attached hydrogens (primary N) is 1. The van der Waals surface area contributed by atoms with E-state index in [2.05, 4.69) is 10.3 Å². The van der Waals surface area contributed by atoms with Crippen molar-refractivity contribution in [1.82, 2.24) is 4.98 Å². The van der Waals surface area contributed by atoms with E-state index < -0.39 is 12.5 Å². The van der Waals surface area contributed by atoms with Gasteiger partial charge in [-0.3, -0.25) is 4.98 Å². The molecular formula is C12H13F2N3O. The van der Waals surface area contributed by atoms with Crippen molar-refractivity contribution in [2.75, 3.05) is 17.6 Å². The van der Waals surface area contributed by atoms with Crippen molar-refractivity contribution < 1.29 is 13.9 Å². The Morgan fingerprint density at radius 2 is 2.06 bits per heavy atom. The van der Waals surface area contributed by atoms with E-state index >= 15 is 0 Å². The van der Waals surface area contributed by atoms with Gasteiger partial charge in [-0.2, -0.15) is 0 Å². The summed E-state index contributed by atoms with van der Waals surface area (Å²) in [6, 6.07) is 5.11. The highest BCUT2D eigenvalue weighted by Gasteiger charge is 2.16. The molecule has 6 heteroatoms. The molecule has 0 radical (unpaired) electrons. The number of aliphatic hydroxyl groups excluding tert-OH is 1. The number of rotatable bonds is 4. The van der Waals surface area contributed by atoms with Gasteiger partial charge in [0, 0.05) is 41.1 Å². The Hall–Kier alpha value is -1.95. The van der Waals surface area contributed by atoms with Crippen LogP contribution in [-0.2, 0) is 0 Å². The molecule has 0 fully saturated rings. The lowest BCUT2D eigenvalue weighted by Gasteiger charge is -2.14. The normalized spacial score (nSPS) is 12.9. The first-order chi connectivity index (χ1) is 8.59. The fourth-order valence-electron chi connectivity index (χ4n) is 1.67. The van der Waals surface area contributed by atoms with Crippen LogP contribution in [0.3, 0.4) is 0 Å². The number of alkyl halides is 2. The summed E-state index contributed by atoms with van der Waals surface area (Å²) in [5.41, 5.74) is 7.01. The highest BCUT2D eigenvalue weighted by molar-refractivity contribution is 6.00. The molecule has 1 atom stereocenters. The maximum absolute atomic E-state index is 12.2. The van der Waals surface area contributed by atoms with Crippen LogP contribution in [0.15, 0.2) is 30.6 Å². The fourth-order valence-corrected chi connectivity index (χ4v) is 1.67. The molecule has 1 aromatic heterocycles. The largest absolute Gasteiger partial charge is 0.398 e. The summed E-state index contributed by atoms with van der Waals surface area (Å²) in [5.74, 6) is 0. The minimum absolute atomic E-state index is 0.231. The number of hydrogen-bond acceptors (Lipinski definition) is 4. The van der Waals surface area contributed by atoms with Gasteiger partial charge in [0.2, 0.25) is 0 Å². The van der Waals surface area contributed by atoms with Crippen molar-refractivity contribution in [3.05, 3.63) is 30.6 Å².